The van der Waals surface area contributed by atoms with Crippen molar-refractivity contribution in [2.75, 3.05) is 0 Å². The molecule has 1 atom stereocenters. The average molecular weight is 206 g/mol. The summed E-state index contributed by atoms with van der Waals surface area (Å²) in [7, 11) is 0. The van der Waals surface area contributed by atoms with Crippen molar-refractivity contribution in [3.63, 3.8) is 0 Å². The lowest BCUT2D eigenvalue weighted by Crippen LogP contribution is -2.14. The molecule has 0 bridgehead atoms. The van der Waals surface area contributed by atoms with Crippen LogP contribution in [0.5, 0.6) is 0 Å². The minimum absolute atomic E-state index is 0.0872. The lowest BCUT2D eigenvalue weighted by atomic mass is 10.3. The maximum Gasteiger partial charge on any atom is 0.220 e. The van der Waals surface area contributed by atoms with Crippen LogP contribution < -0.4 is 0 Å². The zero-order valence-electron chi connectivity index (χ0n) is 7.79. The Balaban J connectivity index is 3.77. The van der Waals surface area contributed by atoms with Crippen molar-refractivity contribution >= 4 is 34.1 Å². The third kappa shape index (κ3) is 5.55. The van der Waals surface area contributed by atoms with Crippen LogP contribution in [0, 0.1) is 0 Å². The van der Waals surface area contributed by atoms with Crippen LogP contribution in [0.15, 0.2) is 0 Å². The first-order valence-corrected chi connectivity index (χ1v) is 5.10. The highest BCUT2D eigenvalue weighted by molar-refractivity contribution is 8.23. The van der Waals surface area contributed by atoms with Crippen molar-refractivity contribution in [3.05, 3.63) is 0 Å². The minimum Gasteiger partial charge on any atom is -0.476 e. The topological polar surface area (TPSA) is 26.3 Å². The van der Waals surface area contributed by atoms with Crippen LogP contribution in [0.3, 0.4) is 0 Å². The highest BCUT2D eigenvalue weighted by atomic mass is 32.2. The molecule has 0 saturated heterocycles. The van der Waals surface area contributed by atoms with E-state index in [9.17, 15) is 4.79 Å². The molecule has 0 saturated carbocycles. The fourth-order valence-electron chi connectivity index (χ4n) is 0.448. The largest absolute Gasteiger partial charge is 0.476 e. The van der Waals surface area contributed by atoms with Crippen molar-refractivity contribution in [1.82, 2.24) is 0 Å². The highest BCUT2D eigenvalue weighted by Gasteiger charge is 2.12. The summed E-state index contributed by atoms with van der Waals surface area (Å²) in [5.74, 6) is 0.120. The van der Waals surface area contributed by atoms with Crippen LogP contribution in [0.25, 0.3) is 0 Å². The molecule has 0 aliphatic carbocycles. The second kappa shape index (κ2) is 5.54. The molecule has 0 aromatic rings. The molecule has 0 aliphatic heterocycles. The van der Waals surface area contributed by atoms with Crippen LogP contribution in [-0.4, -0.2) is 21.5 Å². The van der Waals surface area contributed by atoms with Crippen LogP contribution in [0.1, 0.15) is 27.7 Å². The summed E-state index contributed by atoms with van der Waals surface area (Å²) in [6.07, 6.45) is 0.0872. The standard InChI is InChI=1S/C8H14O2S2/c1-5(2)10-8(11)12-7(4)6(3)9/h5,7H,1-4H3. The van der Waals surface area contributed by atoms with Gasteiger partial charge in [-0.3, -0.25) is 4.79 Å². The van der Waals surface area contributed by atoms with E-state index in [0.717, 1.165) is 0 Å². The van der Waals surface area contributed by atoms with E-state index in [-0.39, 0.29) is 17.1 Å². The van der Waals surface area contributed by atoms with Gasteiger partial charge in [0, 0.05) is 0 Å². The molecule has 0 fully saturated rings. The van der Waals surface area contributed by atoms with Gasteiger partial charge in [-0.25, -0.2) is 0 Å². The molecule has 12 heavy (non-hydrogen) atoms. The molecule has 4 heteroatoms. The summed E-state index contributed by atoms with van der Waals surface area (Å²) in [4.78, 5) is 10.8. The molecule has 70 valence electrons. The maximum atomic E-state index is 10.8. The molecule has 1 unspecified atom stereocenters. The Morgan fingerprint density at radius 1 is 1.42 bits per heavy atom. The summed E-state index contributed by atoms with van der Waals surface area (Å²) < 4.78 is 5.66. The quantitative estimate of drug-likeness (QED) is 0.662. The second-order valence-electron chi connectivity index (χ2n) is 2.79. The Labute approximate surface area is 83.1 Å². The molecule has 0 aliphatic rings. The van der Waals surface area contributed by atoms with E-state index < -0.39 is 0 Å². The fourth-order valence-corrected chi connectivity index (χ4v) is 1.78. The van der Waals surface area contributed by atoms with E-state index in [0.29, 0.717) is 4.38 Å². The molecule has 0 amide bonds. The Morgan fingerprint density at radius 3 is 2.25 bits per heavy atom. The van der Waals surface area contributed by atoms with E-state index in [2.05, 4.69) is 0 Å². The second-order valence-corrected chi connectivity index (χ2v) is 4.73. The molecule has 0 radical (unpaired) electrons. The Kier molecular flexibility index (Phi) is 5.50. The third-order valence-corrected chi connectivity index (χ3v) is 2.54. The lowest BCUT2D eigenvalue weighted by Gasteiger charge is -2.12. The van der Waals surface area contributed by atoms with Crippen molar-refractivity contribution in [3.8, 4) is 0 Å². The van der Waals surface area contributed by atoms with Crippen molar-refractivity contribution in [2.24, 2.45) is 0 Å². The van der Waals surface area contributed by atoms with Crippen LogP contribution in [0.2, 0.25) is 0 Å². The van der Waals surface area contributed by atoms with Gasteiger partial charge in [-0.2, -0.15) is 0 Å². The predicted molar refractivity (Wildman–Crippen MR) is 56.6 cm³/mol. The van der Waals surface area contributed by atoms with Gasteiger partial charge >= 0.3 is 0 Å². The van der Waals surface area contributed by atoms with Crippen molar-refractivity contribution in [2.45, 2.75) is 39.0 Å². The van der Waals surface area contributed by atoms with Crippen molar-refractivity contribution < 1.29 is 9.53 Å². The lowest BCUT2D eigenvalue weighted by molar-refractivity contribution is -0.116. The Morgan fingerprint density at radius 2 is 1.92 bits per heavy atom. The normalized spacial score (nSPS) is 12.8. The third-order valence-electron chi connectivity index (χ3n) is 1.18. The number of rotatable bonds is 3. The van der Waals surface area contributed by atoms with Crippen LogP contribution in [0.4, 0.5) is 0 Å². The summed E-state index contributed by atoms with van der Waals surface area (Å²) in [6.45, 7) is 7.19. The van der Waals surface area contributed by atoms with E-state index in [1.54, 1.807) is 6.92 Å². The number of thiocarbonyl (C=S) groups is 1. The van der Waals surface area contributed by atoms with Gasteiger partial charge in [0.2, 0.25) is 4.38 Å². The summed E-state index contributed by atoms with van der Waals surface area (Å²) in [6, 6.07) is 0. The number of ketones is 1. The van der Waals surface area contributed by atoms with Gasteiger partial charge in [0.1, 0.15) is 5.78 Å². The molecule has 0 spiro atoms. The smallest absolute Gasteiger partial charge is 0.220 e. The number of carbonyl (C=O) groups excluding carboxylic acids is 1. The molecular weight excluding hydrogens is 192 g/mol. The average Bonchev–Trinajstić information content (AvgIpc) is 1.84. The van der Waals surface area contributed by atoms with Gasteiger partial charge in [0.05, 0.1) is 11.4 Å². The zero-order chi connectivity index (χ0) is 9.72. The Bertz CT molecular complexity index is 178. The predicted octanol–water partition coefficient (Wildman–Crippen LogP) is 2.41. The van der Waals surface area contributed by atoms with Gasteiger partial charge in [-0.15, -0.1) is 0 Å². The number of carbonyl (C=O) groups is 1. The Hall–Kier alpha value is -0.0900. The zero-order valence-corrected chi connectivity index (χ0v) is 9.42. The molecule has 2 nitrogen and oxygen atoms in total. The number of hydrogen-bond donors (Lipinski definition) is 0. The number of hydrogen-bond acceptors (Lipinski definition) is 4. The van der Waals surface area contributed by atoms with Gasteiger partial charge in [0.15, 0.2) is 0 Å². The maximum absolute atomic E-state index is 10.8. The fraction of sp³-hybridized carbons (Fsp3) is 0.750. The van der Waals surface area contributed by atoms with E-state index in [1.807, 2.05) is 20.8 Å². The first-order chi connectivity index (χ1) is 5.43. The number of ether oxygens (including phenoxy) is 1. The highest BCUT2D eigenvalue weighted by Crippen LogP contribution is 2.15. The molecule has 0 heterocycles. The summed E-state index contributed by atoms with van der Waals surface area (Å²) in [5.41, 5.74) is 0. The molecular formula is C8H14O2S2. The van der Waals surface area contributed by atoms with E-state index >= 15 is 0 Å². The first kappa shape index (κ1) is 11.9. The molecule has 0 rings (SSSR count). The van der Waals surface area contributed by atoms with Gasteiger partial charge < -0.3 is 4.74 Å². The molecule has 0 aromatic carbocycles. The molecule has 0 aromatic heterocycles. The van der Waals surface area contributed by atoms with E-state index in [1.165, 1.54) is 11.8 Å². The monoisotopic (exact) mass is 206 g/mol. The molecule has 0 N–H and O–H groups in total. The van der Waals surface area contributed by atoms with Gasteiger partial charge in [0.25, 0.3) is 0 Å². The van der Waals surface area contributed by atoms with Crippen LogP contribution in [-0.2, 0) is 9.53 Å². The van der Waals surface area contributed by atoms with Crippen molar-refractivity contribution in [1.29, 1.82) is 0 Å². The SMILES string of the molecule is CC(=O)C(C)SC(=S)OC(C)C. The summed E-state index contributed by atoms with van der Waals surface area (Å²) >= 11 is 6.21. The van der Waals surface area contributed by atoms with E-state index in [4.69, 9.17) is 17.0 Å². The van der Waals surface area contributed by atoms with Crippen LogP contribution >= 0.6 is 24.0 Å². The number of thioether (sulfide) groups is 1. The number of Topliss-reactive ketones (excluding diaryl/α,β-unsaturated/α-hetero) is 1. The van der Waals surface area contributed by atoms with Gasteiger partial charge in [-0.1, -0.05) is 11.8 Å². The minimum atomic E-state index is -0.101. The van der Waals surface area contributed by atoms with Gasteiger partial charge in [-0.05, 0) is 39.9 Å². The summed E-state index contributed by atoms with van der Waals surface area (Å²) in [5, 5.41) is -0.101. The first-order valence-electron chi connectivity index (χ1n) is 3.81.